The summed E-state index contributed by atoms with van der Waals surface area (Å²) in [6, 6.07) is 5.93. The number of furan rings is 1. The molecule has 6 nitrogen and oxygen atoms in total. The molecule has 1 amide bonds. The van der Waals surface area contributed by atoms with E-state index < -0.39 is 5.97 Å². The molecule has 0 radical (unpaired) electrons. The normalized spacial score (nSPS) is 19.9. The Bertz CT molecular complexity index is 797. The summed E-state index contributed by atoms with van der Waals surface area (Å²) >= 11 is 0. The molecule has 0 bridgehead atoms. The highest BCUT2D eigenvalue weighted by molar-refractivity contribution is 5.92. The number of likely N-dealkylation sites (tertiary alicyclic amines) is 1. The van der Waals surface area contributed by atoms with Gasteiger partial charge in [0.05, 0.1) is 18.4 Å². The zero-order chi connectivity index (χ0) is 19.6. The second kappa shape index (κ2) is 8.03. The summed E-state index contributed by atoms with van der Waals surface area (Å²) in [6.07, 6.45) is 4.76. The molecule has 0 aliphatic carbocycles. The number of esters is 1. The van der Waals surface area contributed by atoms with E-state index in [1.165, 1.54) is 0 Å². The average Bonchev–Trinajstić information content (AvgIpc) is 3.23. The number of aromatic nitrogens is 1. The molecule has 0 N–H and O–H groups in total. The molecule has 3 heterocycles. The van der Waals surface area contributed by atoms with Gasteiger partial charge in [0.15, 0.2) is 6.61 Å². The maximum Gasteiger partial charge on any atom is 0.340 e. The lowest BCUT2D eigenvalue weighted by Crippen LogP contribution is -2.49. The van der Waals surface area contributed by atoms with Crippen LogP contribution >= 0.6 is 0 Å². The van der Waals surface area contributed by atoms with Gasteiger partial charge in [-0.1, -0.05) is 0 Å². The fraction of sp³-hybridized carbons (Fsp3) is 0.524. The van der Waals surface area contributed by atoms with Gasteiger partial charge in [0.2, 0.25) is 0 Å². The predicted molar refractivity (Wildman–Crippen MR) is 102 cm³/mol. The van der Waals surface area contributed by atoms with Crippen LogP contribution in [0.4, 0.5) is 0 Å². The zero-order valence-electron chi connectivity index (χ0n) is 16.5. The number of aryl methyl sites for hydroxylation is 1. The molecule has 27 heavy (non-hydrogen) atoms. The first-order chi connectivity index (χ1) is 12.9. The third kappa shape index (κ3) is 4.10. The van der Waals surface area contributed by atoms with Crippen LogP contribution in [0.25, 0.3) is 0 Å². The van der Waals surface area contributed by atoms with Crippen molar-refractivity contribution in [3.8, 4) is 0 Å². The van der Waals surface area contributed by atoms with Gasteiger partial charge in [-0.3, -0.25) is 4.79 Å². The van der Waals surface area contributed by atoms with Gasteiger partial charge in [-0.2, -0.15) is 0 Å². The Morgan fingerprint density at radius 1 is 1.22 bits per heavy atom. The number of piperidine rings is 1. The molecule has 2 aromatic rings. The number of hydrogen-bond acceptors (Lipinski definition) is 4. The van der Waals surface area contributed by atoms with E-state index in [1.807, 2.05) is 35.4 Å². The molecule has 1 saturated heterocycles. The van der Waals surface area contributed by atoms with Gasteiger partial charge in [-0.15, -0.1) is 0 Å². The van der Waals surface area contributed by atoms with E-state index in [2.05, 4.69) is 13.8 Å². The third-order valence-corrected chi connectivity index (χ3v) is 5.50. The van der Waals surface area contributed by atoms with Gasteiger partial charge < -0.3 is 18.6 Å². The minimum atomic E-state index is -0.459. The molecule has 1 fully saturated rings. The number of carbonyl (C=O) groups is 2. The van der Waals surface area contributed by atoms with Crippen LogP contribution in [-0.2, 0) is 16.1 Å². The lowest BCUT2D eigenvalue weighted by molar-refractivity contribution is -0.140. The highest BCUT2D eigenvalue weighted by Gasteiger charge is 2.29. The van der Waals surface area contributed by atoms with E-state index in [0.717, 1.165) is 36.4 Å². The molecule has 2 aromatic heterocycles. The number of carbonyl (C=O) groups excluding carboxylic acids is 2. The highest BCUT2D eigenvalue weighted by Crippen LogP contribution is 2.23. The van der Waals surface area contributed by atoms with Crippen LogP contribution in [0.15, 0.2) is 28.9 Å². The second-order valence-electron chi connectivity index (χ2n) is 7.46. The van der Waals surface area contributed by atoms with Crippen molar-refractivity contribution in [3.05, 3.63) is 47.2 Å². The van der Waals surface area contributed by atoms with E-state index in [1.54, 1.807) is 12.3 Å². The van der Waals surface area contributed by atoms with E-state index in [0.29, 0.717) is 12.1 Å². The average molecular weight is 372 g/mol. The largest absolute Gasteiger partial charge is 0.467 e. The van der Waals surface area contributed by atoms with E-state index in [4.69, 9.17) is 9.15 Å². The Morgan fingerprint density at radius 2 is 1.93 bits per heavy atom. The molecule has 1 aliphatic rings. The lowest BCUT2D eigenvalue weighted by Gasteiger charge is -2.38. The van der Waals surface area contributed by atoms with Crippen molar-refractivity contribution >= 4 is 11.9 Å². The third-order valence-electron chi connectivity index (χ3n) is 5.50. The number of ether oxygens (including phenoxy) is 1. The standard InChI is InChI=1S/C21H28N2O4/c1-14-7-5-8-15(2)23(14)20(24)13-27-21(25)19-11-16(3)22(17(19)4)12-18-9-6-10-26-18/h6,9-11,14-15H,5,7-8,12-13H2,1-4H3/t14-,15-/m1/s1. The monoisotopic (exact) mass is 372 g/mol. The topological polar surface area (TPSA) is 64.7 Å². The molecule has 0 saturated carbocycles. The molecule has 0 unspecified atom stereocenters. The Morgan fingerprint density at radius 3 is 2.56 bits per heavy atom. The Labute approximate surface area is 160 Å². The first-order valence-corrected chi connectivity index (χ1v) is 9.56. The van der Waals surface area contributed by atoms with Crippen LogP contribution in [0.2, 0.25) is 0 Å². The maximum absolute atomic E-state index is 12.6. The summed E-state index contributed by atoms with van der Waals surface area (Å²) < 4.78 is 12.8. The van der Waals surface area contributed by atoms with E-state index >= 15 is 0 Å². The first kappa shape index (κ1) is 19.3. The molecule has 146 valence electrons. The molecule has 3 rings (SSSR count). The summed E-state index contributed by atoms with van der Waals surface area (Å²) in [5, 5.41) is 0. The van der Waals surface area contributed by atoms with Crippen molar-refractivity contribution in [1.29, 1.82) is 0 Å². The maximum atomic E-state index is 12.6. The number of amides is 1. The molecule has 1 aliphatic heterocycles. The van der Waals surface area contributed by atoms with Crippen molar-refractivity contribution in [3.63, 3.8) is 0 Å². The van der Waals surface area contributed by atoms with Crippen LogP contribution in [0.1, 0.15) is 60.6 Å². The van der Waals surface area contributed by atoms with Gasteiger partial charge in [-0.05, 0) is 65.2 Å². The van der Waals surface area contributed by atoms with Crippen molar-refractivity contribution in [2.24, 2.45) is 0 Å². The molecular formula is C21H28N2O4. The smallest absolute Gasteiger partial charge is 0.340 e. The molecule has 6 heteroatoms. The zero-order valence-corrected chi connectivity index (χ0v) is 16.5. The second-order valence-corrected chi connectivity index (χ2v) is 7.46. The van der Waals surface area contributed by atoms with Crippen LogP contribution in [0.3, 0.4) is 0 Å². The Kier molecular flexibility index (Phi) is 5.73. The molecule has 0 aromatic carbocycles. The van der Waals surface area contributed by atoms with Crippen LogP contribution < -0.4 is 0 Å². The van der Waals surface area contributed by atoms with Crippen molar-refractivity contribution in [2.75, 3.05) is 6.61 Å². The van der Waals surface area contributed by atoms with Gasteiger partial charge >= 0.3 is 5.97 Å². The molecule has 0 spiro atoms. The fourth-order valence-electron chi connectivity index (χ4n) is 4.00. The lowest BCUT2D eigenvalue weighted by atomic mass is 9.97. The van der Waals surface area contributed by atoms with Gasteiger partial charge in [0.1, 0.15) is 5.76 Å². The number of hydrogen-bond donors (Lipinski definition) is 0. The molecule has 2 atom stereocenters. The minimum Gasteiger partial charge on any atom is -0.467 e. The van der Waals surface area contributed by atoms with Crippen molar-refractivity contribution < 1.29 is 18.7 Å². The predicted octanol–water partition coefficient (Wildman–Crippen LogP) is 3.69. The van der Waals surface area contributed by atoms with Crippen molar-refractivity contribution in [2.45, 2.75) is 65.6 Å². The first-order valence-electron chi connectivity index (χ1n) is 9.56. The van der Waals surface area contributed by atoms with Gasteiger partial charge in [-0.25, -0.2) is 4.79 Å². The highest BCUT2D eigenvalue weighted by atomic mass is 16.5. The Balaban J connectivity index is 1.65. The van der Waals surface area contributed by atoms with Gasteiger partial charge in [0.25, 0.3) is 5.91 Å². The van der Waals surface area contributed by atoms with Crippen LogP contribution in [0, 0.1) is 13.8 Å². The summed E-state index contributed by atoms with van der Waals surface area (Å²) in [6.45, 7) is 8.27. The van der Waals surface area contributed by atoms with Crippen LogP contribution in [-0.4, -0.2) is 40.0 Å². The Hall–Kier alpha value is -2.50. The number of nitrogens with zero attached hydrogens (tertiary/aromatic N) is 2. The van der Waals surface area contributed by atoms with Gasteiger partial charge in [0, 0.05) is 23.5 Å². The summed E-state index contributed by atoms with van der Waals surface area (Å²) in [4.78, 5) is 27.0. The summed E-state index contributed by atoms with van der Waals surface area (Å²) in [5.41, 5.74) is 2.24. The van der Waals surface area contributed by atoms with E-state index in [9.17, 15) is 9.59 Å². The fourth-order valence-corrected chi connectivity index (χ4v) is 4.00. The van der Waals surface area contributed by atoms with Crippen LogP contribution in [0.5, 0.6) is 0 Å². The van der Waals surface area contributed by atoms with Crippen molar-refractivity contribution in [1.82, 2.24) is 9.47 Å². The quantitative estimate of drug-likeness (QED) is 0.751. The summed E-state index contributed by atoms with van der Waals surface area (Å²) in [5.74, 6) is 0.242. The SMILES string of the molecule is Cc1cc(C(=O)OCC(=O)N2[C@H](C)CCC[C@H]2C)c(C)n1Cc1ccco1. The van der Waals surface area contributed by atoms with E-state index in [-0.39, 0.29) is 24.6 Å². The number of rotatable bonds is 5. The molecular weight excluding hydrogens is 344 g/mol. The minimum absolute atomic E-state index is 0.118. The summed E-state index contributed by atoms with van der Waals surface area (Å²) in [7, 11) is 0.